The van der Waals surface area contributed by atoms with E-state index in [2.05, 4.69) is 21.2 Å². The minimum atomic E-state index is 0.797. The number of fused-ring (bicyclic) bond motifs is 1. The smallest absolute Gasteiger partial charge is 0.147 e. The van der Waals surface area contributed by atoms with E-state index in [0.29, 0.717) is 0 Å². The van der Waals surface area contributed by atoms with Crippen LogP contribution in [0.2, 0.25) is 0 Å². The van der Waals surface area contributed by atoms with E-state index in [1.54, 1.807) is 17.7 Å². The lowest BCUT2D eigenvalue weighted by Gasteiger charge is -2.04. The number of terminal acetylenes is 1. The molecule has 0 amide bonds. The first-order chi connectivity index (χ1) is 7.42. The summed E-state index contributed by atoms with van der Waals surface area (Å²) >= 11 is 1.65. The highest BCUT2D eigenvalue weighted by molar-refractivity contribution is 7.17. The minimum absolute atomic E-state index is 0.797. The summed E-state index contributed by atoms with van der Waals surface area (Å²) in [6.07, 6.45) is 8.53. The van der Waals surface area contributed by atoms with E-state index in [0.717, 1.165) is 35.4 Å². The first kappa shape index (κ1) is 9.94. The maximum atomic E-state index is 5.18. The van der Waals surface area contributed by atoms with Gasteiger partial charge in [-0.25, -0.2) is 9.97 Å². The third kappa shape index (κ3) is 2.25. The molecule has 0 aliphatic rings. The molecule has 15 heavy (non-hydrogen) atoms. The lowest BCUT2D eigenvalue weighted by Crippen LogP contribution is -2.03. The highest BCUT2D eigenvalue weighted by atomic mass is 32.1. The van der Waals surface area contributed by atoms with E-state index in [1.807, 2.05) is 11.4 Å². The van der Waals surface area contributed by atoms with Gasteiger partial charge in [0, 0.05) is 13.0 Å². The van der Waals surface area contributed by atoms with Gasteiger partial charge in [0.25, 0.3) is 0 Å². The first-order valence-corrected chi connectivity index (χ1v) is 5.65. The molecule has 0 atom stereocenters. The number of aromatic nitrogens is 2. The summed E-state index contributed by atoms with van der Waals surface area (Å²) in [7, 11) is 0. The van der Waals surface area contributed by atoms with E-state index < -0.39 is 0 Å². The molecule has 3 nitrogen and oxygen atoms in total. The van der Waals surface area contributed by atoms with Gasteiger partial charge in [-0.1, -0.05) is 0 Å². The van der Waals surface area contributed by atoms with Crippen LogP contribution in [-0.4, -0.2) is 16.5 Å². The Morgan fingerprint density at radius 2 is 2.40 bits per heavy atom. The Hall–Kier alpha value is -1.60. The number of unbranched alkanes of at least 4 members (excludes halogenated alkanes) is 1. The van der Waals surface area contributed by atoms with Crippen molar-refractivity contribution < 1.29 is 0 Å². The molecule has 0 saturated heterocycles. The predicted molar refractivity (Wildman–Crippen MR) is 64.0 cm³/mol. The summed E-state index contributed by atoms with van der Waals surface area (Å²) in [5.41, 5.74) is 0.995. The molecule has 4 heteroatoms. The maximum Gasteiger partial charge on any atom is 0.147 e. The van der Waals surface area contributed by atoms with Crippen molar-refractivity contribution in [3.05, 3.63) is 17.8 Å². The average molecular weight is 217 g/mol. The Labute approximate surface area is 92.6 Å². The Morgan fingerprint density at radius 3 is 3.27 bits per heavy atom. The fourth-order valence-corrected chi connectivity index (χ4v) is 2.12. The molecule has 0 unspecified atom stereocenters. The normalized spacial score (nSPS) is 10.1. The molecule has 0 aliphatic carbocycles. The summed E-state index contributed by atoms with van der Waals surface area (Å²) < 4.78 is 1.11. The largest absolute Gasteiger partial charge is 0.369 e. The average Bonchev–Trinajstić information content (AvgIpc) is 2.73. The van der Waals surface area contributed by atoms with Gasteiger partial charge in [0.05, 0.1) is 10.2 Å². The van der Waals surface area contributed by atoms with Gasteiger partial charge >= 0.3 is 0 Å². The predicted octanol–water partition coefficient (Wildman–Crippen LogP) is 2.52. The standard InChI is InChI=1S/C11H11N3S/c1-2-3-4-6-12-11-10-9(5-7-15-10)13-8-14-11/h1,5,7-8H,3-4,6H2,(H,12,13,14). The van der Waals surface area contributed by atoms with Gasteiger partial charge in [-0.3, -0.25) is 0 Å². The molecule has 0 saturated carbocycles. The van der Waals surface area contributed by atoms with Crippen molar-refractivity contribution in [1.82, 2.24) is 9.97 Å². The maximum absolute atomic E-state index is 5.18. The second-order valence-corrected chi connectivity index (χ2v) is 4.01. The second kappa shape index (κ2) is 4.76. The fourth-order valence-electron chi connectivity index (χ4n) is 1.31. The Morgan fingerprint density at radius 1 is 1.47 bits per heavy atom. The highest BCUT2D eigenvalue weighted by Gasteiger charge is 2.02. The molecule has 2 aromatic heterocycles. The third-order valence-corrected chi connectivity index (χ3v) is 2.94. The lowest BCUT2D eigenvalue weighted by atomic mass is 10.3. The fraction of sp³-hybridized carbons (Fsp3) is 0.273. The number of thiophene rings is 1. The zero-order chi connectivity index (χ0) is 10.5. The zero-order valence-electron chi connectivity index (χ0n) is 8.23. The molecule has 2 rings (SSSR count). The van der Waals surface area contributed by atoms with Gasteiger partial charge in [-0.15, -0.1) is 23.7 Å². The van der Waals surface area contributed by atoms with Crippen molar-refractivity contribution in [2.24, 2.45) is 0 Å². The van der Waals surface area contributed by atoms with Gasteiger partial charge in [-0.05, 0) is 17.9 Å². The quantitative estimate of drug-likeness (QED) is 0.631. The van der Waals surface area contributed by atoms with E-state index >= 15 is 0 Å². The van der Waals surface area contributed by atoms with Crippen LogP contribution in [0.1, 0.15) is 12.8 Å². The summed E-state index contributed by atoms with van der Waals surface area (Å²) in [6.45, 7) is 0.855. The molecule has 0 fully saturated rings. The first-order valence-electron chi connectivity index (χ1n) is 4.77. The van der Waals surface area contributed by atoms with Crippen LogP contribution in [0, 0.1) is 12.3 Å². The Balaban J connectivity index is 2.08. The number of hydrogen-bond donors (Lipinski definition) is 1. The van der Waals surface area contributed by atoms with E-state index in [-0.39, 0.29) is 0 Å². The summed E-state index contributed by atoms with van der Waals surface area (Å²) in [5.74, 6) is 3.53. The van der Waals surface area contributed by atoms with Crippen LogP contribution >= 0.6 is 11.3 Å². The molecule has 0 spiro atoms. The number of hydrogen-bond acceptors (Lipinski definition) is 4. The second-order valence-electron chi connectivity index (χ2n) is 3.09. The number of rotatable bonds is 4. The van der Waals surface area contributed by atoms with Gasteiger partial charge in [0.2, 0.25) is 0 Å². The van der Waals surface area contributed by atoms with Crippen LogP contribution in [0.25, 0.3) is 10.2 Å². The molecular formula is C11H11N3S. The number of nitrogens with one attached hydrogen (secondary N) is 1. The zero-order valence-corrected chi connectivity index (χ0v) is 9.05. The van der Waals surface area contributed by atoms with Crippen molar-refractivity contribution in [3.63, 3.8) is 0 Å². The molecule has 0 aromatic carbocycles. The van der Waals surface area contributed by atoms with Crippen LogP contribution in [0.5, 0.6) is 0 Å². The SMILES string of the molecule is C#CCCCNc1ncnc2ccsc12. The molecule has 0 bridgehead atoms. The monoisotopic (exact) mass is 217 g/mol. The molecule has 0 aliphatic heterocycles. The Kier molecular flexibility index (Phi) is 3.15. The van der Waals surface area contributed by atoms with Crippen molar-refractivity contribution in [3.8, 4) is 12.3 Å². The van der Waals surface area contributed by atoms with Crippen LogP contribution < -0.4 is 5.32 Å². The van der Waals surface area contributed by atoms with Crippen LogP contribution in [0.3, 0.4) is 0 Å². The van der Waals surface area contributed by atoms with E-state index in [1.165, 1.54) is 0 Å². The van der Waals surface area contributed by atoms with Crippen LogP contribution in [-0.2, 0) is 0 Å². The van der Waals surface area contributed by atoms with Crippen molar-refractivity contribution in [2.45, 2.75) is 12.8 Å². The summed E-state index contributed by atoms with van der Waals surface area (Å²) in [6, 6.07) is 1.99. The van der Waals surface area contributed by atoms with Crippen molar-refractivity contribution >= 4 is 27.4 Å². The third-order valence-electron chi connectivity index (χ3n) is 2.03. The molecule has 2 aromatic rings. The van der Waals surface area contributed by atoms with Crippen LogP contribution in [0.15, 0.2) is 17.8 Å². The number of nitrogens with zero attached hydrogens (tertiary/aromatic N) is 2. The van der Waals surface area contributed by atoms with Gasteiger partial charge in [0.15, 0.2) is 0 Å². The molecule has 0 radical (unpaired) electrons. The highest BCUT2D eigenvalue weighted by Crippen LogP contribution is 2.24. The summed E-state index contributed by atoms with van der Waals surface area (Å²) in [4.78, 5) is 8.39. The topological polar surface area (TPSA) is 37.8 Å². The van der Waals surface area contributed by atoms with E-state index in [4.69, 9.17) is 6.42 Å². The minimum Gasteiger partial charge on any atom is -0.369 e. The number of anilines is 1. The molecular weight excluding hydrogens is 206 g/mol. The van der Waals surface area contributed by atoms with Crippen molar-refractivity contribution in [2.75, 3.05) is 11.9 Å². The van der Waals surface area contributed by atoms with Crippen LogP contribution in [0.4, 0.5) is 5.82 Å². The lowest BCUT2D eigenvalue weighted by molar-refractivity contribution is 0.902. The van der Waals surface area contributed by atoms with Gasteiger partial charge in [0.1, 0.15) is 12.1 Å². The van der Waals surface area contributed by atoms with Crippen molar-refractivity contribution in [1.29, 1.82) is 0 Å². The molecule has 76 valence electrons. The van der Waals surface area contributed by atoms with Gasteiger partial charge < -0.3 is 5.32 Å². The molecule has 1 N–H and O–H groups in total. The molecule has 2 heterocycles. The van der Waals surface area contributed by atoms with E-state index in [9.17, 15) is 0 Å². The Bertz CT molecular complexity index is 484. The summed E-state index contributed by atoms with van der Waals surface area (Å²) in [5, 5.41) is 5.29. The van der Waals surface area contributed by atoms with Gasteiger partial charge in [-0.2, -0.15) is 0 Å².